The molecule has 25 heavy (non-hydrogen) atoms. The van der Waals surface area contributed by atoms with E-state index >= 15 is 0 Å². The molecule has 0 saturated heterocycles. The van der Waals surface area contributed by atoms with Gasteiger partial charge in [-0.3, -0.25) is 9.59 Å². The van der Waals surface area contributed by atoms with Crippen molar-refractivity contribution in [2.75, 3.05) is 44.6 Å². The van der Waals surface area contributed by atoms with Crippen molar-refractivity contribution in [1.29, 1.82) is 0 Å². The van der Waals surface area contributed by atoms with Crippen LogP contribution >= 0.6 is 0 Å². The highest BCUT2D eigenvalue weighted by Gasteiger charge is 2.17. The van der Waals surface area contributed by atoms with Crippen molar-refractivity contribution in [2.24, 2.45) is 5.92 Å². The fraction of sp³-hybridized carbons (Fsp3) is 0.579. The van der Waals surface area contributed by atoms with Gasteiger partial charge >= 0.3 is 0 Å². The topological polar surface area (TPSA) is 61.9 Å². The van der Waals surface area contributed by atoms with Crippen molar-refractivity contribution in [3.63, 3.8) is 0 Å². The van der Waals surface area contributed by atoms with E-state index in [1.807, 2.05) is 58.0 Å². The molecule has 1 aromatic rings. The molecule has 0 heterocycles. The second-order valence-corrected chi connectivity index (χ2v) is 6.63. The van der Waals surface area contributed by atoms with Crippen LogP contribution < -0.4 is 10.2 Å². The minimum atomic E-state index is -0.0863. The maximum Gasteiger partial charge on any atom is 0.248 e. The molecule has 0 aliphatic heterocycles. The lowest BCUT2D eigenvalue weighted by molar-refractivity contribution is -0.135. The number of anilines is 2. The molecule has 0 aliphatic carbocycles. The molecule has 2 amide bonds. The van der Waals surface area contributed by atoms with E-state index in [1.165, 1.54) is 7.11 Å². The van der Waals surface area contributed by atoms with Gasteiger partial charge in [0, 0.05) is 51.6 Å². The highest BCUT2D eigenvalue weighted by atomic mass is 16.5. The Bertz CT molecular complexity index is 585. The molecule has 6 nitrogen and oxygen atoms in total. The third-order valence-corrected chi connectivity index (χ3v) is 3.83. The predicted molar refractivity (Wildman–Crippen MR) is 102 cm³/mol. The Labute approximate surface area is 151 Å². The average Bonchev–Trinajstić information content (AvgIpc) is 2.54. The van der Waals surface area contributed by atoms with E-state index in [0.717, 1.165) is 23.4 Å². The van der Waals surface area contributed by atoms with Gasteiger partial charge in [0.2, 0.25) is 11.8 Å². The van der Waals surface area contributed by atoms with Gasteiger partial charge in [-0.2, -0.15) is 0 Å². The monoisotopic (exact) mass is 349 g/mol. The lowest BCUT2D eigenvalue weighted by Gasteiger charge is -2.26. The second-order valence-electron chi connectivity index (χ2n) is 6.63. The Morgan fingerprint density at radius 3 is 2.44 bits per heavy atom. The number of ether oxygens (including phenoxy) is 1. The number of nitrogens with zero attached hydrogens (tertiary/aromatic N) is 2. The molecule has 0 radical (unpaired) electrons. The lowest BCUT2D eigenvalue weighted by Crippen LogP contribution is -2.34. The van der Waals surface area contributed by atoms with Gasteiger partial charge < -0.3 is 19.9 Å². The molecule has 0 saturated carbocycles. The van der Waals surface area contributed by atoms with E-state index in [0.29, 0.717) is 13.1 Å². The fourth-order valence-electron chi connectivity index (χ4n) is 2.50. The smallest absolute Gasteiger partial charge is 0.248 e. The van der Waals surface area contributed by atoms with Crippen molar-refractivity contribution in [3.05, 3.63) is 23.8 Å². The summed E-state index contributed by atoms with van der Waals surface area (Å²) in [5, 5.41) is 2.92. The molecule has 0 atom stereocenters. The number of hydrogen-bond acceptors (Lipinski definition) is 4. The first-order valence-corrected chi connectivity index (χ1v) is 8.67. The number of rotatable bonds is 9. The van der Waals surface area contributed by atoms with Crippen LogP contribution in [0.25, 0.3) is 0 Å². The van der Waals surface area contributed by atoms with Crippen LogP contribution in [-0.2, 0) is 20.9 Å². The molecule has 6 heteroatoms. The number of amides is 2. The average molecular weight is 349 g/mol. The van der Waals surface area contributed by atoms with Gasteiger partial charge in [-0.05, 0) is 30.2 Å². The zero-order chi connectivity index (χ0) is 19.0. The number of benzene rings is 1. The van der Waals surface area contributed by atoms with Crippen LogP contribution in [0.1, 0.15) is 32.8 Å². The second kappa shape index (κ2) is 10.0. The third-order valence-electron chi connectivity index (χ3n) is 3.83. The van der Waals surface area contributed by atoms with Crippen LogP contribution in [0.3, 0.4) is 0 Å². The predicted octanol–water partition coefficient (Wildman–Crippen LogP) is 2.73. The molecule has 140 valence electrons. The Morgan fingerprint density at radius 2 is 1.92 bits per heavy atom. The van der Waals surface area contributed by atoms with Crippen molar-refractivity contribution in [3.8, 4) is 0 Å². The molecule has 1 rings (SSSR count). The Kier molecular flexibility index (Phi) is 8.41. The fourth-order valence-corrected chi connectivity index (χ4v) is 2.50. The van der Waals surface area contributed by atoms with Gasteiger partial charge in [-0.25, -0.2) is 0 Å². The molecule has 0 bridgehead atoms. The van der Waals surface area contributed by atoms with Crippen molar-refractivity contribution < 1.29 is 14.3 Å². The first kappa shape index (κ1) is 21.0. The Morgan fingerprint density at radius 1 is 1.24 bits per heavy atom. The molecule has 0 unspecified atom stereocenters. The van der Waals surface area contributed by atoms with Crippen molar-refractivity contribution in [2.45, 2.75) is 33.7 Å². The number of hydrogen-bond donors (Lipinski definition) is 1. The summed E-state index contributed by atoms with van der Waals surface area (Å²) in [7, 11) is 5.45. The van der Waals surface area contributed by atoms with Gasteiger partial charge in [-0.15, -0.1) is 0 Å². The normalized spacial score (nSPS) is 10.7. The summed E-state index contributed by atoms with van der Waals surface area (Å²) in [6, 6.07) is 5.80. The van der Waals surface area contributed by atoms with E-state index in [1.54, 1.807) is 4.90 Å². The quantitative estimate of drug-likeness (QED) is 0.745. The lowest BCUT2D eigenvalue weighted by atomic mass is 10.1. The molecular formula is C19H31N3O3. The summed E-state index contributed by atoms with van der Waals surface area (Å²) < 4.78 is 4.99. The summed E-state index contributed by atoms with van der Waals surface area (Å²) >= 11 is 0. The largest absolute Gasteiger partial charge is 0.377 e. The van der Waals surface area contributed by atoms with E-state index in [2.05, 4.69) is 5.32 Å². The van der Waals surface area contributed by atoms with Gasteiger partial charge in [0.15, 0.2) is 0 Å². The van der Waals surface area contributed by atoms with Crippen LogP contribution in [0.5, 0.6) is 0 Å². The van der Waals surface area contributed by atoms with E-state index in [4.69, 9.17) is 4.74 Å². The number of carbonyl (C=O) groups excluding carboxylic acids is 2. The van der Waals surface area contributed by atoms with Crippen LogP contribution in [0.2, 0.25) is 0 Å². The third kappa shape index (κ3) is 6.38. The molecule has 1 N–H and O–H groups in total. The van der Waals surface area contributed by atoms with Crippen molar-refractivity contribution in [1.82, 2.24) is 4.90 Å². The van der Waals surface area contributed by atoms with Crippen LogP contribution in [0.4, 0.5) is 11.4 Å². The highest BCUT2D eigenvalue weighted by molar-refractivity contribution is 5.92. The summed E-state index contributed by atoms with van der Waals surface area (Å²) in [6.45, 7) is 6.97. The number of carbonyl (C=O) groups is 2. The maximum absolute atomic E-state index is 12.3. The summed E-state index contributed by atoms with van der Waals surface area (Å²) in [5.41, 5.74) is 2.76. The molecule has 0 aromatic heterocycles. The minimum Gasteiger partial charge on any atom is -0.377 e. The van der Waals surface area contributed by atoms with Gasteiger partial charge in [0.1, 0.15) is 6.61 Å². The number of methoxy groups -OCH3 is 1. The molecule has 1 aromatic carbocycles. The SMILES string of the molecule is CCCN(Cc1cc(NC(=O)C(C)C)ccc1N(C)C)C(=O)COC. The van der Waals surface area contributed by atoms with Crippen LogP contribution in [0.15, 0.2) is 18.2 Å². The number of nitrogens with one attached hydrogen (secondary N) is 1. The van der Waals surface area contributed by atoms with E-state index in [9.17, 15) is 9.59 Å². The molecule has 0 aliphatic rings. The summed E-state index contributed by atoms with van der Waals surface area (Å²) in [6.07, 6.45) is 0.872. The minimum absolute atomic E-state index is 0.0237. The standard InChI is InChI=1S/C19H31N3O3/c1-7-10-22(18(23)13-25-6)12-15-11-16(20-19(24)14(2)3)8-9-17(15)21(4)5/h8-9,11,14H,7,10,12-13H2,1-6H3,(H,20,24). The zero-order valence-electron chi connectivity index (χ0n) is 16.3. The summed E-state index contributed by atoms with van der Waals surface area (Å²) in [4.78, 5) is 28.0. The van der Waals surface area contributed by atoms with E-state index in [-0.39, 0.29) is 24.3 Å². The first-order valence-electron chi connectivity index (χ1n) is 8.67. The summed E-state index contributed by atoms with van der Waals surface area (Å²) in [5.74, 6) is -0.146. The zero-order valence-corrected chi connectivity index (χ0v) is 16.3. The molecule has 0 fully saturated rings. The Balaban J connectivity index is 3.10. The first-order chi connectivity index (χ1) is 11.8. The van der Waals surface area contributed by atoms with Crippen molar-refractivity contribution >= 4 is 23.2 Å². The maximum atomic E-state index is 12.3. The van der Waals surface area contributed by atoms with Gasteiger partial charge in [0.25, 0.3) is 0 Å². The van der Waals surface area contributed by atoms with Crippen LogP contribution in [-0.4, -0.2) is 51.1 Å². The van der Waals surface area contributed by atoms with E-state index < -0.39 is 0 Å². The van der Waals surface area contributed by atoms with Gasteiger partial charge in [0.05, 0.1) is 0 Å². The Hall–Kier alpha value is -2.08. The molecular weight excluding hydrogens is 318 g/mol. The van der Waals surface area contributed by atoms with Gasteiger partial charge in [-0.1, -0.05) is 20.8 Å². The molecule has 0 spiro atoms. The highest BCUT2D eigenvalue weighted by Crippen LogP contribution is 2.25. The van der Waals surface area contributed by atoms with Crippen LogP contribution in [0, 0.1) is 5.92 Å².